The first-order chi connectivity index (χ1) is 6.26. The molecule has 0 aliphatic heterocycles. The zero-order valence-electron chi connectivity index (χ0n) is 8.07. The highest BCUT2D eigenvalue weighted by molar-refractivity contribution is 6.18. The highest BCUT2D eigenvalue weighted by Crippen LogP contribution is 1.99. The molecule has 1 heterocycles. The number of alkyl halides is 1. The molecule has 1 rings (SSSR count). The summed E-state index contributed by atoms with van der Waals surface area (Å²) < 4.78 is 1.71. The van der Waals surface area contributed by atoms with Gasteiger partial charge in [0.15, 0.2) is 0 Å². The van der Waals surface area contributed by atoms with Crippen molar-refractivity contribution in [2.75, 3.05) is 19.0 Å². The Labute approximate surface area is 83.5 Å². The fourth-order valence-corrected chi connectivity index (χ4v) is 1.40. The third kappa shape index (κ3) is 3.32. The van der Waals surface area contributed by atoms with Crippen molar-refractivity contribution >= 4 is 11.6 Å². The minimum Gasteiger partial charge on any atom is -0.296 e. The summed E-state index contributed by atoms with van der Waals surface area (Å²) in [5.41, 5.74) is 0.995. The van der Waals surface area contributed by atoms with Gasteiger partial charge in [-0.25, -0.2) is 0 Å². The maximum Gasteiger partial charge on any atom is 0.0967 e. The number of nitrogens with zero attached hydrogens (tertiary/aromatic N) is 4. The van der Waals surface area contributed by atoms with Crippen molar-refractivity contribution in [1.29, 1.82) is 0 Å². The highest BCUT2D eigenvalue weighted by atomic mass is 35.5. The molecule has 1 aromatic heterocycles. The van der Waals surface area contributed by atoms with E-state index in [1.54, 1.807) is 4.68 Å². The van der Waals surface area contributed by atoms with E-state index < -0.39 is 0 Å². The van der Waals surface area contributed by atoms with Crippen LogP contribution in [0, 0.1) is 0 Å². The van der Waals surface area contributed by atoms with Crippen molar-refractivity contribution in [3.05, 3.63) is 11.9 Å². The second-order valence-electron chi connectivity index (χ2n) is 2.94. The van der Waals surface area contributed by atoms with Crippen LogP contribution in [0.25, 0.3) is 0 Å². The van der Waals surface area contributed by atoms with Gasteiger partial charge in [0.25, 0.3) is 0 Å². The van der Waals surface area contributed by atoms with Gasteiger partial charge in [-0.1, -0.05) is 12.1 Å². The standard InChI is InChI=1S/C8H15ClN4/c1-3-13(5-4-9)7-8-6-12(2)11-10-8/h6H,3-5,7H2,1-2H3. The molecule has 13 heavy (non-hydrogen) atoms. The number of aryl methyl sites for hydroxylation is 1. The Morgan fingerprint density at radius 1 is 1.62 bits per heavy atom. The molecule has 0 aliphatic carbocycles. The quantitative estimate of drug-likeness (QED) is 0.665. The number of aromatic nitrogens is 3. The summed E-state index contributed by atoms with van der Waals surface area (Å²) in [5.74, 6) is 0.661. The summed E-state index contributed by atoms with van der Waals surface area (Å²) in [4.78, 5) is 2.23. The molecule has 1 aromatic rings. The fourth-order valence-electron chi connectivity index (χ4n) is 1.17. The van der Waals surface area contributed by atoms with E-state index in [2.05, 4.69) is 22.1 Å². The summed E-state index contributed by atoms with van der Waals surface area (Å²) in [5, 5.41) is 7.89. The molecule has 74 valence electrons. The van der Waals surface area contributed by atoms with Gasteiger partial charge in [0.2, 0.25) is 0 Å². The predicted octanol–water partition coefficient (Wildman–Crippen LogP) is 0.876. The lowest BCUT2D eigenvalue weighted by molar-refractivity contribution is 0.294. The monoisotopic (exact) mass is 202 g/mol. The topological polar surface area (TPSA) is 34.0 Å². The minimum atomic E-state index is 0.661. The molecule has 0 fully saturated rings. The van der Waals surface area contributed by atoms with Crippen molar-refractivity contribution in [1.82, 2.24) is 19.9 Å². The maximum absolute atomic E-state index is 5.66. The van der Waals surface area contributed by atoms with E-state index in [0.717, 1.165) is 25.3 Å². The van der Waals surface area contributed by atoms with E-state index in [9.17, 15) is 0 Å². The first-order valence-electron chi connectivity index (χ1n) is 4.39. The van der Waals surface area contributed by atoms with E-state index in [1.165, 1.54) is 0 Å². The lowest BCUT2D eigenvalue weighted by Crippen LogP contribution is -2.25. The molecule has 0 saturated carbocycles. The van der Waals surface area contributed by atoms with Crippen molar-refractivity contribution in [2.45, 2.75) is 13.5 Å². The van der Waals surface area contributed by atoms with Crippen LogP contribution in [0.15, 0.2) is 6.20 Å². The van der Waals surface area contributed by atoms with Crippen LogP contribution in [0.4, 0.5) is 0 Å². The van der Waals surface area contributed by atoms with Gasteiger partial charge in [-0.15, -0.1) is 16.7 Å². The molecule has 0 aromatic carbocycles. The summed E-state index contributed by atoms with van der Waals surface area (Å²) in [6.45, 7) is 4.83. The molecule has 0 radical (unpaired) electrons. The van der Waals surface area contributed by atoms with E-state index in [-0.39, 0.29) is 0 Å². The Kier molecular flexibility index (Phi) is 4.18. The molecular formula is C8H15ClN4. The van der Waals surface area contributed by atoms with Gasteiger partial charge in [-0.05, 0) is 6.54 Å². The third-order valence-corrected chi connectivity index (χ3v) is 2.05. The Bertz CT molecular complexity index is 248. The Morgan fingerprint density at radius 2 is 2.38 bits per heavy atom. The molecule has 0 amide bonds. The average molecular weight is 203 g/mol. The number of rotatable bonds is 5. The molecule has 4 nitrogen and oxygen atoms in total. The average Bonchev–Trinajstić information content (AvgIpc) is 2.50. The lowest BCUT2D eigenvalue weighted by Gasteiger charge is -2.16. The van der Waals surface area contributed by atoms with E-state index >= 15 is 0 Å². The van der Waals surface area contributed by atoms with E-state index in [0.29, 0.717) is 5.88 Å². The second kappa shape index (κ2) is 5.19. The smallest absolute Gasteiger partial charge is 0.0967 e. The zero-order valence-corrected chi connectivity index (χ0v) is 8.83. The van der Waals surface area contributed by atoms with Gasteiger partial charge in [-0.2, -0.15) is 0 Å². The summed E-state index contributed by atoms with van der Waals surface area (Å²) in [6, 6.07) is 0. The summed E-state index contributed by atoms with van der Waals surface area (Å²) in [7, 11) is 1.87. The van der Waals surface area contributed by atoms with Crippen molar-refractivity contribution < 1.29 is 0 Å². The number of hydrogen-bond donors (Lipinski definition) is 0. The van der Waals surface area contributed by atoms with Crippen LogP contribution < -0.4 is 0 Å². The van der Waals surface area contributed by atoms with Crippen LogP contribution in [0.1, 0.15) is 12.6 Å². The minimum absolute atomic E-state index is 0.661. The van der Waals surface area contributed by atoms with Gasteiger partial charge >= 0.3 is 0 Å². The van der Waals surface area contributed by atoms with Crippen LogP contribution >= 0.6 is 11.6 Å². The Morgan fingerprint density at radius 3 is 2.85 bits per heavy atom. The Balaban J connectivity index is 2.46. The fraction of sp³-hybridized carbons (Fsp3) is 0.750. The van der Waals surface area contributed by atoms with Crippen LogP contribution in [-0.2, 0) is 13.6 Å². The molecule has 5 heteroatoms. The van der Waals surface area contributed by atoms with Crippen LogP contribution in [0.2, 0.25) is 0 Å². The molecule has 0 atom stereocenters. The predicted molar refractivity (Wildman–Crippen MR) is 52.7 cm³/mol. The van der Waals surface area contributed by atoms with Crippen LogP contribution in [-0.4, -0.2) is 38.9 Å². The third-order valence-electron chi connectivity index (χ3n) is 1.88. The Hall–Kier alpha value is -0.610. The van der Waals surface area contributed by atoms with Crippen molar-refractivity contribution in [3.8, 4) is 0 Å². The van der Waals surface area contributed by atoms with Crippen LogP contribution in [0.3, 0.4) is 0 Å². The number of hydrogen-bond acceptors (Lipinski definition) is 3. The second-order valence-corrected chi connectivity index (χ2v) is 3.32. The van der Waals surface area contributed by atoms with Gasteiger partial charge in [0, 0.05) is 32.2 Å². The molecule has 0 spiro atoms. The molecule has 0 saturated heterocycles. The molecule has 0 aliphatic rings. The molecule has 0 unspecified atom stereocenters. The maximum atomic E-state index is 5.66. The van der Waals surface area contributed by atoms with E-state index in [1.807, 2.05) is 13.2 Å². The highest BCUT2D eigenvalue weighted by Gasteiger charge is 2.05. The first kappa shape index (κ1) is 10.5. The molecule has 0 N–H and O–H groups in total. The van der Waals surface area contributed by atoms with Gasteiger partial charge in [0.1, 0.15) is 0 Å². The van der Waals surface area contributed by atoms with Crippen molar-refractivity contribution in [2.24, 2.45) is 7.05 Å². The molecule has 0 bridgehead atoms. The van der Waals surface area contributed by atoms with Crippen LogP contribution in [0.5, 0.6) is 0 Å². The normalized spacial score (nSPS) is 11.1. The number of halogens is 1. The zero-order chi connectivity index (χ0) is 9.68. The van der Waals surface area contributed by atoms with E-state index in [4.69, 9.17) is 11.6 Å². The summed E-state index contributed by atoms with van der Waals surface area (Å²) >= 11 is 5.66. The summed E-state index contributed by atoms with van der Waals surface area (Å²) in [6.07, 6.45) is 1.93. The lowest BCUT2D eigenvalue weighted by atomic mass is 10.4. The van der Waals surface area contributed by atoms with Gasteiger partial charge in [-0.3, -0.25) is 9.58 Å². The van der Waals surface area contributed by atoms with Gasteiger partial charge in [0.05, 0.1) is 5.69 Å². The van der Waals surface area contributed by atoms with Crippen molar-refractivity contribution in [3.63, 3.8) is 0 Å². The van der Waals surface area contributed by atoms with Gasteiger partial charge < -0.3 is 0 Å². The molecular weight excluding hydrogens is 188 g/mol. The largest absolute Gasteiger partial charge is 0.296 e. The SMILES string of the molecule is CCN(CCCl)Cc1cn(C)nn1. The first-order valence-corrected chi connectivity index (χ1v) is 4.93.